The maximum absolute atomic E-state index is 11.8. The minimum atomic E-state index is -0.144. The van der Waals surface area contributed by atoms with E-state index in [2.05, 4.69) is 34.2 Å². The molecule has 0 saturated carbocycles. The Morgan fingerprint density at radius 2 is 2.08 bits per heavy atom. The number of halogens is 1. The average Bonchev–Trinajstić information content (AvgIpc) is 3.01. The molecule has 0 radical (unpaired) electrons. The lowest BCUT2D eigenvalue weighted by atomic mass is 9.99. The number of aliphatic imine (C=N–C) groups is 1. The number of likely N-dealkylation sites (tertiary alicyclic amines) is 1. The van der Waals surface area contributed by atoms with E-state index in [4.69, 9.17) is 4.74 Å². The number of nitrogens with zero attached hydrogens (tertiary/aromatic N) is 4. The highest BCUT2D eigenvalue weighted by Gasteiger charge is 2.36. The van der Waals surface area contributed by atoms with Crippen LogP contribution in [0.5, 0.6) is 0 Å². The molecule has 8 heteroatoms. The zero-order chi connectivity index (χ0) is 17.1. The number of nitrogens with one attached hydrogen (secondary N) is 1. The Balaban J connectivity index is 0.00000288. The lowest BCUT2D eigenvalue weighted by Gasteiger charge is -2.21. The molecule has 1 aromatic rings. The van der Waals surface area contributed by atoms with Crippen LogP contribution in [0.3, 0.4) is 0 Å². The first kappa shape index (κ1) is 20.7. The fourth-order valence-corrected chi connectivity index (χ4v) is 3.17. The van der Waals surface area contributed by atoms with Gasteiger partial charge in [0.25, 0.3) is 0 Å². The highest BCUT2D eigenvalue weighted by Crippen LogP contribution is 2.24. The van der Waals surface area contributed by atoms with E-state index in [1.807, 2.05) is 18.7 Å². The summed E-state index contributed by atoms with van der Waals surface area (Å²) in [6, 6.07) is 0. The van der Waals surface area contributed by atoms with Gasteiger partial charge in [-0.15, -0.1) is 24.0 Å². The van der Waals surface area contributed by atoms with Gasteiger partial charge in [-0.05, 0) is 19.8 Å². The SMILES string of the molecule is CN=C(NCc1c(C)nn(C)c1C)N1CC(C)C(C(=O)OC)C1.I. The Labute approximate surface area is 160 Å². The van der Waals surface area contributed by atoms with Crippen molar-refractivity contribution in [2.24, 2.45) is 23.9 Å². The van der Waals surface area contributed by atoms with Crippen LogP contribution in [0.2, 0.25) is 0 Å². The largest absolute Gasteiger partial charge is 0.469 e. The summed E-state index contributed by atoms with van der Waals surface area (Å²) in [6.07, 6.45) is 0. The van der Waals surface area contributed by atoms with E-state index in [1.54, 1.807) is 7.05 Å². The zero-order valence-electron chi connectivity index (χ0n) is 15.3. The number of rotatable bonds is 3. The molecular weight excluding hydrogens is 421 g/mol. The van der Waals surface area contributed by atoms with Crippen molar-refractivity contribution >= 4 is 35.9 Å². The van der Waals surface area contributed by atoms with E-state index < -0.39 is 0 Å². The third-order valence-electron chi connectivity index (χ3n) is 4.71. The van der Waals surface area contributed by atoms with Gasteiger partial charge in [-0.1, -0.05) is 6.92 Å². The van der Waals surface area contributed by atoms with E-state index >= 15 is 0 Å². The van der Waals surface area contributed by atoms with E-state index in [-0.39, 0.29) is 41.8 Å². The monoisotopic (exact) mass is 449 g/mol. The molecular formula is C16H28IN5O2. The maximum atomic E-state index is 11.8. The molecule has 0 amide bonds. The minimum absolute atomic E-state index is 0. The average molecular weight is 449 g/mol. The first-order chi connectivity index (χ1) is 10.9. The fourth-order valence-electron chi connectivity index (χ4n) is 3.17. The molecule has 1 aromatic heterocycles. The molecule has 0 aromatic carbocycles. The molecule has 7 nitrogen and oxygen atoms in total. The number of aromatic nitrogens is 2. The number of carbonyl (C=O) groups is 1. The predicted molar refractivity (Wildman–Crippen MR) is 105 cm³/mol. The van der Waals surface area contributed by atoms with E-state index in [1.165, 1.54) is 12.7 Å². The van der Waals surface area contributed by atoms with Crippen LogP contribution in [-0.4, -0.2) is 53.9 Å². The fraction of sp³-hybridized carbons (Fsp3) is 0.688. The summed E-state index contributed by atoms with van der Waals surface area (Å²) in [5.74, 6) is 0.823. The van der Waals surface area contributed by atoms with Crippen LogP contribution in [0.4, 0.5) is 0 Å². The van der Waals surface area contributed by atoms with Crippen LogP contribution in [0.15, 0.2) is 4.99 Å². The second kappa shape index (κ2) is 8.68. The van der Waals surface area contributed by atoms with Gasteiger partial charge in [0.2, 0.25) is 0 Å². The molecule has 2 heterocycles. The normalized spacial score (nSPS) is 20.8. The molecule has 136 valence electrons. The first-order valence-electron chi connectivity index (χ1n) is 7.91. The molecule has 1 aliphatic rings. The molecule has 0 bridgehead atoms. The Kier molecular flexibility index (Phi) is 7.50. The molecule has 0 aliphatic carbocycles. The molecule has 24 heavy (non-hydrogen) atoms. The zero-order valence-corrected chi connectivity index (χ0v) is 17.6. The number of esters is 1. The second-order valence-electron chi connectivity index (χ2n) is 6.19. The van der Waals surface area contributed by atoms with Gasteiger partial charge in [0, 0.05) is 45.0 Å². The number of guanidine groups is 1. The van der Waals surface area contributed by atoms with Crippen LogP contribution in [0, 0.1) is 25.7 Å². The molecule has 0 spiro atoms. The standard InChI is InChI=1S/C16H27N5O2.HI/c1-10-8-21(9-14(10)15(22)23-6)16(17-4)18-7-13-11(2)19-20(5)12(13)3;/h10,14H,7-9H2,1-6H3,(H,17,18);1H. The quantitative estimate of drug-likeness (QED) is 0.328. The van der Waals surface area contributed by atoms with E-state index in [0.29, 0.717) is 13.1 Å². The van der Waals surface area contributed by atoms with Gasteiger partial charge < -0.3 is 15.0 Å². The summed E-state index contributed by atoms with van der Waals surface area (Å²) in [5.41, 5.74) is 3.35. The summed E-state index contributed by atoms with van der Waals surface area (Å²) in [6.45, 7) is 8.25. The summed E-state index contributed by atoms with van der Waals surface area (Å²) in [7, 11) is 5.16. The van der Waals surface area contributed by atoms with Crippen LogP contribution in [0.1, 0.15) is 23.9 Å². The predicted octanol–water partition coefficient (Wildman–Crippen LogP) is 1.47. The number of carbonyl (C=O) groups excluding carboxylic acids is 1. The molecule has 1 aliphatic heterocycles. The molecule has 2 unspecified atom stereocenters. The van der Waals surface area contributed by atoms with Crippen molar-refractivity contribution in [3.05, 3.63) is 17.0 Å². The van der Waals surface area contributed by atoms with Gasteiger partial charge >= 0.3 is 5.97 Å². The van der Waals surface area contributed by atoms with Crippen molar-refractivity contribution < 1.29 is 9.53 Å². The smallest absolute Gasteiger partial charge is 0.310 e. The third kappa shape index (κ3) is 4.20. The second-order valence-corrected chi connectivity index (χ2v) is 6.19. The lowest BCUT2D eigenvalue weighted by molar-refractivity contribution is -0.145. The molecule has 1 N–H and O–H groups in total. The molecule has 2 rings (SSSR count). The van der Waals surface area contributed by atoms with Crippen LogP contribution in [0.25, 0.3) is 0 Å². The van der Waals surface area contributed by atoms with Crippen molar-refractivity contribution in [1.29, 1.82) is 0 Å². The van der Waals surface area contributed by atoms with Crippen molar-refractivity contribution in [3.63, 3.8) is 0 Å². The lowest BCUT2D eigenvalue weighted by Crippen LogP contribution is -2.40. The first-order valence-corrected chi connectivity index (χ1v) is 7.91. The van der Waals surface area contributed by atoms with Gasteiger partial charge in [0.1, 0.15) is 0 Å². The topological polar surface area (TPSA) is 71.8 Å². The van der Waals surface area contributed by atoms with Gasteiger partial charge in [0.15, 0.2) is 5.96 Å². The molecule has 1 fully saturated rings. The number of methoxy groups -OCH3 is 1. The third-order valence-corrected chi connectivity index (χ3v) is 4.71. The van der Waals surface area contributed by atoms with Gasteiger partial charge in [-0.3, -0.25) is 14.5 Å². The van der Waals surface area contributed by atoms with Crippen molar-refractivity contribution in [2.45, 2.75) is 27.3 Å². The highest BCUT2D eigenvalue weighted by molar-refractivity contribution is 14.0. The molecule has 2 atom stereocenters. The number of hydrogen-bond acceptors (Lipinski definition) is 4. The van der Waals surface area contributed by atoms with Gasteiger partial charge in [-0.2, -0.15) is 5.10 Å². The molecule has 1 saturated heterocycles. The van der Waals surface area contributed by atoms with Gasteiger partial charge in [0.05, 0.1) is 18.7 Å². The number of hydrogen-bond donors (Lipinski definition) is 1. The van der Waals surface area contributed by atoms with Crippen molar-refractivity contribution in [3.8, 4) is 0 Å². The number of ether oxygens (including phenoxy) is 1. The Morgan fingerprint density at radius 1 is 1.42 bits per heavy atom. The Bertz CT molecular complexity index is 614. The summed E-state index contributed by atoms with van der Waals surface area (Å²) >= 11 is 0. The van der Waals surface area contributed by atoms with Crippen LogP contribution >= 0.6 is 24.0 Å². The van der Waals surface area contributed by atoms with Crippen LogP contribution < -0.4 is 5.32 Å². The van der Waals surface area contributed by atoms with E-state index in [9.17, 15) is 4.79 Å². The summed E-state index contributed by atoms with van der Waals surface area (Å²) in [5, 5.41) is 7.82. The number of aryl methyl sites for hydroxylation is 2. The van der Waals surface area contributed by atoms with Crippen molar-refractivity contribution in [2.75, 3.05) is 27.2 Å². The Hall–Kier alpha value is -1.32. The van der Waals surface area contributed by atoms with Gasteiger partial charge in [-0.25, -0.2) is 0 Å². The summed E-state index contributed by atoms with van der Waals surface area (Å²) < 4.78 is 6.78. The summed E-state index contributed by atoms with van der Waals surface area (Å²) in [4.78, 5) is 18.3. The highest BCUT2D eigenvalue weighted by atomic mass is 127. The van der Waals surface area contributed by atoms with Crippen molar-refractivity contribution in [1.82, 2.24) is 20.0 Å². The van der Waals surface area contributed by atoms with E-state index in [0.717, 1.165) is 23.9 Å². The van der Waals surface area contributed by atoms with Crippen LogP contribution in [-0.2, 0) is 23.1 Å². The minimum Gasteiger partial charge on any atom is -0.469 e. The Morgan fingerprint density at radius 3 is 2.58 bits per heavy atom. The maximum Gasteiger partial charge on any atom is 0.310 e.